The van der Waals surface area contributed by atoms with E-state index in [4.69, 9.17) is 9.15 Å². The van der Waals surface area contributed by atoms with Gasteiger partial charge in [0.2, 0.25) is 5.89 Å². The maximum absolute atomic E-state index is 13.0. The van der Waals surface area contributed by atoms with Gasteiger partial charge in [-0.2, -0.15) is 5.10 Å². The lowest BCUT2D eigenvalue weighted by molar-refractivity contribution is 0.0727. The van der Waals surface area contributed by atoms with Gasteiger partial charge in [-0.25, -0.2) is 14.6 Å². The van der Waals surface area contributed by atoms with Crippen LogP contribution in [0.25, 0.3) is 5.69 Å². The first-order chi connectivity index (χ1) is 12.3. The van der Waals surface area contributed by atoms with Crippen LogP contribution in [0.2, 0.25) is 0 Å². The molecule has 0 saturated carbocycles. The number of hydrogen-bond acceptors (Lipinski definition) is 6. The third kappa shape index (κ3) is 2.91. The molecule has 1 aromatic carbocycles. The fraction of sp³-hybridized carbons (Fsp3) is 0.294. The third-order valence-electron chi connectivity index (χ3n) is 4.13. The van der Waals surface area contributed by atoms with Crippen molar-refractivity contribution in [1.82, 2.24) is 24.6 Å². The lowest BCUT2D eigenvalue weighted by atomic mass is 10.1. The summed E-state index contributed by atoms with van der Waals surface area (Å²) in [5.74, 6) is 1.32. The van der Waals surface area contributed by atoms with Gasteiger partial charge in [0.15, 0.2) is 0 Å². The van der Waals surface area contributed by atoms with Gasteiger partial charge in [0.1, 0.15) is 30.7 Å². The zero-order valence-electron chi connectivity index (χ0n) is 13.8. The molecule has 128 valence electrons. The fourth-order valence-electron chi connectivity index (χ4n) is 2.97. The van der Waals surface area contributed by atoms with Crippen LogP contribution in [0.1, 0.15) is 27.7 Å². The number of rotatable bonds is 4. The average Bonchev–Trinajstić information content (AvgIpc) is 3.30. The smallest absolute Gasteiger partial charge is 0.256 e. The van der Waals surface area contributed by atoms with E-state index in [1.807, 2.05) is 18.2 Å². The van der Waals surface area contributed by atoms with Crippen LogP contribution >= 0.6 is 0 Å². The number of amides is 1. The standard InChI is InChI=1S/C17H17N5O3/c1-24-9-16-20-13-8-21(7-6-15(13)25-16)17(23)12-4-2-3-5-14(12)22-11-18-10-19-22/h2-5,10-11H,6-9H2,1H3. The van der Waals surface area contributed by atoms with Gasteiger partial charge in [-0.3, -0.25) is 4.79 Å². The second kappa shape index (κ2) is 6.48. The number of oxazole rings is 1. The topological polar surface area (TPSA) is 86.3 Å². The van der Waals surface area contributed by atoms with Crippen molar-refractivity contribution in [3.05, 3.63) is 59.8 Å². The number of carbonyl (C=O) groups is 1. The third-order valence-corrected chi connectivity index (χ3v) is 4.13. The van der Waals surface area contributed by atoms with E-state index in [1.54, 1.807) is 29.1 Å². The van der Waals surface area contributed by atoms with Crippen LogP contribution in [0.3, 0.4) is 0 Å². The molecule has 3 aromatic rings. The van der Waals surface area contributed by atoms with E-state index in [1.165, 1.54) is 6.33 Å². The first kappa shape index (κ1) is 15.5. The molecule has 0 atom stereocenters. The SMILES string of the molecule is COCc1nc2c(o1)CCN(C(=O)c1ccccc1-n1cncn1)C2. The molecular weight excluding hydrogens is 322 g/mol. The number of para-hydroxylation sites is 1. The van der Waals surface area contributed by atoms with Crippen molar-refractivity contribution in [2.45, 2.75) is 19.6 Å². The summed E-state index contributed by atoms with van der Waals surface area (Å²) in [6.07, 6.45) is 3.67. The van der Waals surface area contributed by atoms with Crippen molar-refractivity contribution >= 4 is 5.91 Å². The Morgan fingerprint density at radius 1 is 1.36 bits per heavy atom. The minimum absolute atomic E-state index is 0.0620. The molecule has 4 rings (SSSR count). The first-order valence-corrected chi connectivity index (χ1v) is 7.96. The van der Waals surface area contributed by atoms with Gasteiger partial charge < -0.3 is 14.1 Å². The first-order valence-electron chi connectivity index (χ1n) is 7.96. The Bertz CT molecular complexity index is 888. The Balaban J connectivity index is 1.60. The molecule has 0 bridgehead atoms. The zero-order valence-corrected chi connectivity index (χ0v) is 13.8. The van der Waals surface area contributed by atoms with Crippen LogP contribution < -0.4 is 0 Å². The molecule has 0 N–H and O–H groups in total. The van der Waals surface area contributed by atoms with Gasteiger partial charge in [0.05, 0.1) is 17.8 Å². The predicted octanol–water partition coefficient (Wildman–Crippen LogP) is 1.60. The van der Waals surface area contributed by atoms with E-state index in [2.05, 4.69) is 15.1 Å². The van der Waals surface area contributed by atoms with Gasteiger partial charge in [-0.05, 0) is 12.1 Å². The number of fused-ring (bicyclic) bond motifs is 1. The summed E-state index contributed by atoms with van der Waals surface area (Å²) in [5.41, 5.74) is 2.08. The summed E-state index contributed by atoms with van der Waals surface area (Å²) in [7, 11) is 1.60. The van der Waals surface area contributed by atoms with Crippen LogP contribution in [0, 0.1) is 0 Å². The summed E-state index contributed by atoms with van der Waals surface area (Å²) in [6.45, 7) is 1.34. The van der Waals surface area contributed by atoms with Gasteiger partial charge in [-0.15, -0.1) is 0 Å². The number of aromatic nitrogens is 4. The van der Waals surface area contributed by atoms with Crippen molar-refractivity contribution in [1.29, 1.82) is 0 Å². The number of benzene rings is 1. The molecule has 2 aromatic heterocycles. The van der Waals surface area contributed by atoms with Crippen molar-refractivity contribution in [3.63, 3.8) is 0 Å². The van der Waals surface area contributed by atoms with Crippen LogP contribution in [-0.4, -0.2) is 44.2 Å². The van der Waals surface area contributed by atoms with E-state index in [0.29, 0.717) is 43.3 Å². The molecule has 0 spiro atoms. The van der Waals surface area contributed by atoms with Gasteiger partial charge in [-0.1, -0.05) is 12.1 Å². The molecule has 1 amide bonds. The Morgan fingerprint density at radius 2 is 2.24 bits per heavy atom. The summed E-state index contributed by atoms with van der Waals surface area (Å²) < 4.78 is 12.3. The molecule has 8 heteroatoms. The lowest BCUT2D eigenvalue weighted by Crippen LogP contribution is -2.36. The van der Waals surface area contributed by atoms with Crippen molar-refractivity contribution in [2.75, 3.05) is 13.7 Å². The van der Waals surface area contributed by atoms with E-state index in [0.717, 1.165) is 11.5 Å². The van der Waals surface area contributed by atoms with Gasteiger partial charge in [0, 0.05) is 20.1 Å². The number of ether oxygens (including phenoxy) is 1. The molecule has 0 aliphatic carbocycles. The highest BCUT2D eigenvalue weighted by Gasteiger charge is 2.27. The maximum Gasteiger partial charge on any atom is 0.256 e. The number of hydrogen-bond donors (Lipinski definition) is 0. The Kier molecular flexibility index (Phi) is 4.02. The monoisotopic (exact) mass is 339 g/mol. The zero-order chi connectivity index (χ0) is 17.2. The van der Waals surface area contributed by atoms with Crippen molar-refractivity contribution in [3.8, 4) is 5.69 Å². The minimum Gasteiger partial charge on any atom is -0.443 e. The highest BCUT2D eigenvalue weighted by atomic mass is 16.5. The van der Waals surface area contributed by atoms with E-state index < -0.39 is 0 Å². The molecule has 8 nitrogen and oxygen atoms in total. The number of nitrogens with zero attached hydrogens (tertiary/aromatic N) is 5. The lowest BCUT2D eigenvalue weighted by Gasteiger charge is -2.26. The molecule has 0 saturated heterocycles. The Morgan fingerprint density at radius 3 is 3.04 bits per heavy atom. The van der Waals surface area contributed by atoms with E-state index in [9.17, 15) is 4.79 Å². The number of methoxy groups -OCH3 is 1. The molecule has 0 fully saturated rings. The molecule has 1 aliphatic rings. The number of carbonyl (C=O) groups excluding carboxylic acids is 1. The molecule has 1 aliphatic heterocycles. The molecule has 0 radical (unpaired) electrons. The Labute approximate surface area is 144 Å². The second-order valence-corrected chi connectivity index (χ2v) is 5.74. The fourth-order valence-corrected chi connectivity index (χ4v) is 2.97. The van der Waals surface area contributed by atoms with Crippen molar-refractivity contribution < 1.29 is 13.9 Å². The van der Waals surface area contributed by atoms with Crippen LogP contribution in [0.15, 0.2) is 41.3 Å². The second-order valence-electron chi connectivity index (χ2n) is 5.74. The van der Waals surface area contributed by atoms with Crippen molar-refractivity contribution in [2.24, 2.45) is 0 Å². The van der Waals surface area contributed by atoms with Gasteiger partial charge >= 0.3 is 0 Å². The maximum atomic E-state index is 13.0. The summed E-state index contributed by atoms with van der Waals surface area (Å²) in [5, 5.41) is 4.13. The highest BCUT2D eigenvalue weighted by Crippen LogP contribution is 2.23. The molecular formula is C17H17N5O3. The molecule has 3 heterocycles. The van der Waals surface area contributed by atoms with E-state index in [-0.39, 0.29) is 5.91 Å². The molecule has 25 heavy (non-hydrogen) atoms. The highest BCUT2D eigenvalue weighted by molar-refractivity contribution is 5.97. The summed E-state index contributed by atoms with van der Waals surface area (Å²) >= 11 is 0. The minimum atomic E-state index is -0.0620. The Hall–Kier alpha value is -3.00. The van der Waals surface area contributed by atoms with Crippen LogP contribution in [0.4, 0.5) is 0 Å². The van der Waals surface area contributed by atoms with Gasteiger partial charge in [0.25, 0.3) is 5.91 Å². The quantitative estimate of drug-likeness (QED) is 0.718. The predicted molar refractivity (Wildman–Crippen MR) is 87.0 cm³/mol. The van der Waals surface area contributed by atoms with E-state index >= 15 is 0 Å². The summed E-state index contributed by atoms with van der Waals surface area (Å²) in [6, 6.07) is 7.37. The van der Waals surface area contributed by atoms with Crippen LogP contribution in [0.5, 0.6) is 0 Å². The molecule has 0 unspecified atom stereocenters. The average molecular weight is 339 g/mol. The summed E-state index contributed by atoms with van der Waals surface area (Å²) in [4.78, 5) is 23.2. The largest absolute Gasteiger partial charge is 0.443 e. The van der Waals surface area contributed by atoms with Crippen LogP contribution in [-0.2, 0) is 24.3 Å². The normalized spacial score (nSPS) is 13.7.